The second-order valence-corrected chi connectivity index (χ2v) is 23.2. The van der Waals surface area contributed by atoms with Gasteiger partial charge in [0.25, 0.3) is 0 Å². The van der Waals surface area contributed by atoms with Gasteiger partial charge in [-0.1, -0.05) is 0 Å². The third kappa shape index (κ3) is 6.11. The zero-order chi connectivity index (χ0) is 30.3. The normalized spacial score (nSPS) is 17.6. The number of hydrogen-bond donors (Lipinski definition) is 0. The van der Waals surface area contributed by atoms with Crippen molar-refractivity contribution in [3.63, 3.8) is 0 Å². The van der Waals surface area contributed by atoms with Crippen LogP contribution in [0.1, 0.15) is 93.8 Å². The third-order valence-corrected chi connectivity index (χ3v) is 21.1. The van der Waals surface area contributed by atoms with Gasteiger partial charge in [-0.05, 0) is 0 Å². The fraction of sp³-hybridized carbons (Fsp3) is 0.378. The van der Waals surface area contributed by atoms with Crippen LogP contribution in [0, 0.1) is 5.92 Å². The smallest absolute Gasteiger partial charge is 1.00 e. The molecule has 0 nitrogen and oxygen atoms in total. The van der Waals surface area contributed by atoms with Gasteiger partial charge in [0.15, 0.2) is 0 Å². The Morgan fingerprint density at radius 3 is 1.44 bits per heavy atom. The number of hydrogen-bond acceptors (Lipinski definition) is 0. The van der Waals surface area contributed by atoms with E-state index < -0.39 is 31.5 Å². The summed E-state index contributed by atoms with van der Waals surface area (Å²) in [4.78, 5) is 0. The van der Waals surface area contributed by atoms with Crippen LogP contribution in [-0.4, -0.2) is 4.21 Å². The molecule has 0 saturated carbocycles. The average Bonchev–Trinajstić information content (AvgIpc) is 3.34. The Hall–Kier alpha value is -1.74. The molecule has 0 spiro atoms. The molecule has 0 saturated heterocycles. The number of halogens is 5. The van der Waals surface area contributed by atoms with E-state index in [0.29, 0.717) is 0 Å². The second-order valence-electron chi connectivity index (χ2n) is 14.3. The first kappa shape index (κ1) is 35.7. The maximum Gasteiger partial charge on any atom is -1.00 e. The van der Waals surface area contributed by atoms with Gasteiger partial charge < -0.3 is 24.8 Å². The van der Waals surface area contributed by atoms with E-state index in [0.717, 1.165) is 3.27 Å². The number of rotatable bonds is 3. The molecule has 0 N–H and O–H groups in total. The van der Waals surface area contributed by atoms with E-state index in [9.17, 15) is 13.2 Å². The summed E-state index contributed by atoms with van der Waals surface area (Å²) in [5, 5.41) is 0. The van der Waals surface area contributed by atoms with Crippen molar-refractivity contribution in [3.05, 3.63) is 109 Å². The van der Waals surface area contributed by atoms with E-state index in [1.807, 2.05) is 0 Å². The van der Waals surface area contributed by atoms with Gasteiger partial charge in [0, 0.05) is 0 Å². The van der Waals surface area contributed by atoms with Gasteiger partial charge in [-0.3, -0.25) is 0 Å². The van der Waals surface area contributed by atoms with Gasteiger partial charge in [-0.25, -0.2) is 0 Å². The molecule has 3 aromatic carbocycles. The first-order valence-corrected chi connectivity index (χ1v) is 20.2. The largest absolute Gasteiger partial charge is 1.00 e. The molecule has 0 amide bonds. The van der Waals surface area contributed by atoms with Crippen LogP contribution >= 0.6 is 0 Å². The molecule has 2 aliphatic rings. The predicted octanol–water partition coefficient (Wildman–Crippen LogP) is 4.16. The van der Waals surface area contributed by atoms with Crippen molar-refractivity contribution in [2.24, 2.45) is 5.92 Å². The molecule has 0 aliphatic heterocycles. The maximum atomic E-state index is 13.6. The number of alkyl halides is 3. The van der Waals surface area contributed by atoms with Crippen LogP contribution in [0.25, 0.3) is 11.1 Å². The van der Waals surface area contributed by atoms with E-state index in [-0.39, 0.29) is 45.2 Å². The van der Waals surface area contributed by atoms with Crippen molar-refractivity contribution >= 4 is 7.48 Å². The number of fused-ring (bicyclic) bond motifs is 3. The zero-order valence-corrected chi connectivity index (χ0v) is 30.6. The Kier molecular flexibility index (Phi) is 9.88. The molecule has 0 heterocycles. The first-order chi connectivity index (χ1) is 18.8. The molecule has 0 radical (unpaired) electrons. The molecule has 0 aromatic heterocycles. The Labute approximate surface area is 272 Å². The summed E-state index contributed by atoms with van der Waals surface area (Å²) in [5.41, 5.74) is 9.55. The van der Waals surface area contributed by atoms with Gasteiger partial charge in [-0.15, -0.1) is 0 Å². The Bertz CT molecular complexity index is 1580. The zero-order valence-electron chi connectivity index (χ0n) is 26.6. The maximum absolute atomic E-state index is 13.6. The molecule has 43 heavy (non-hydrogen) atoms. The predicted molar refractivity (Wildman–Crippen MR) is 165 cm³/mol. The quantitative estimate of drug-likeness (QED) is 0.385. The van der Waals surface area contributed by atoms with Gasteiger partial charge in [0.05, 0.1) is 0 Å². The van der Waals surface area contributed by atoms with E-state index in [1.54, 1.807) is 12.1 Å². The summed E-state index contributed by atoms with van der Waals surface area (Å²) in [7, 11) is 0. The Balaban J connectivity index is 0.00000253. The molecular weight excluding hydrogens is 664 g/mol. The summed E-state index contributed by atoms with van der Waals surface area (Å²) in [6.45, 7) is 20.0. The van der Waals surface area contributed by atoms with Gasteiger partial charge >= 0.3 is 249 Å². The van der Waals surface area contributed by atoms with Crippen LogP contribution in [0.15, 0.2) is 81.2 Å². The molecule has 0 fully saturated rings. The Morgan fingerprint density at radius 2 is 1.09 bits per heavy atom. The Morgan fingerprint density at radius 1 is 0.674 bits per heavy atom. The summed E-state index contributed by atoms with van der Waals surface area (Å²) in [6, 6.07) is 19.9. The van der Waals surface area contributed by atoms with Crippen molar-refractivity contribution < 1.29 is 57.8 Å². The fourth-order valence-electron chi connectivity index (χ4n) is 7.03. The van der Waals surface area contributed by atoms with E-state index in [2.05, 4.69) is 105 Å². The number of benzene rings is 3. The second kappa shape index (κ2) is 11.9. The van der Waals surface area contributed by atoms with E-state index >= 15 is 0 Å². The topological polar surface area (TPSA) is 0 Å². The van der Waals surface area contributed by atoms with Crippen LogP contribution in [-0.2, 0) is 36.8 Å². The third-order valence-electron chi connectivity index (χ3n) is 9.40. The van der Waals surface area contributed by atoms with E-state index in [4.69, 9.17) is 4.21 Å². The van der Waals surface area contributed by atoms with Crippen molar-refractivity contribution in [2.45, 2.75) is 82.9 Å². The van der Waals surface area contributed by atoms with Crippen molar-refractivity contribution in [1.29, 1.82) is 0 Å². The minimum absolute atomic E-state index is 0. The van der Waals surface area contributed by atoms with Crippen LogP contribution in [0.3, 0.4) is 0 Å². The van der Waals surface area contributed by atoms with Crippen molar-refractivity contribution in [1.82, 2.24) is 0 Å². The fourth-order valence-corrected chi connectivity index (χ4v) is 19.4. The minimum atomic E-state index is -4.37. The van der Waals surface area contributed by atoms with E-state index in [1.165, 1.54) is 59.9 Å². The molecule has 2 aliphatic carbocycles. The number of allylic oxidation sites excluding steroid dienone is 4. The SMILES string of the molecule is [CH2]=[Zr+2]([C]1=C(C)C(C)=CC1C)([c]1ccc(C(F)(F)F)cc1)[CH]1c2ccc(C(C)(C)C)cc2-c2cc(C(C)(C)C)ccc21.[Cl-].[Cl-]. The van der Waals surface area contributed by atoms with Crippen LogP contribution in [0.2, 0.25) is 0 Å². The van der Waals surface area contributed by atoms with Crippen LogP contribution in [0.5, 0.6) is 0 Å². The first-order valence-electron chi connectivity index (χ1n) is 14.6. The summed E-state index contributed by atoms with van der Waals surface area (Å²) in [5.74, 6) is 0.209. The van der Waals surface area contributed by atoms with Gasteiger partial charge in [-0.2, -0.15) is 0 Å². The summed E-state index contributed by atoms with van der Waals surface area (Å²) in [6.07, 6.45) is -2.06. The molecule has 5 rings (SSSR count). The van der Waals surface area contributed by atoms with Crippen LogP contribution < -0.4 is 28.1 Å². The monoisotopic (exact) mass is 703 g/mol. The molecule has 3 aromatic rings. The molecule has 2 atom stereocenters. The van der Waals surface area contributed by atoms with Gasteiger partial charge in [0.1, 0.15) is 0 Å². The molecule has 0 bridgehead atoms. The van der Waals surface area contributed by atoms with Crippen molar-refractivity contribution in [2.75, 3.05) is 0 Å². The van der Waals surface area contributed by atoms with Crippen molar-refractivity contribution in [3.8, 4) is 11.1 Å². The molecule has 229 valence electrons. The average molecular weight is 706 g/mol. The van der Waals surface area contributed by atoms with Gasteiger partial charge in [0.2, 0.25) is 0 Å². The standard InChI is InChI=1S/C21H25.C8H11.C7H4F3.CH2.2ClH.Zr/c1-20(2,3)16-9-7-14-11-15-8-10-17(21(4,5)6)13-19(15)18(14)12-16;1-6-4-7(2)8(3)5-6;8-7(9,10)6-4-2-1-3-5-6;;;;/h7-13H,1-6H3;4,6H,1-3H3;2-5H;1H2;2*1H;/q;;;;;;+2/p-2. The molecular formula is C37H42Cl2F3Zr. The molecule has 6 heteroatoms. The summed E-state index contributed by atoms with van der Waals surface area (Å²) >= 11 is -4.01. The minimum Gasteiger partial charge on any atom is -1.00 e. The molecule has 2 unspecified atom stereocenters. The van der Waals surface area contributed by atoms with Crippen LogP contribution in [0.4, 0.5) is 13.2 Å². The summed E-state index contributed by atoms with van der Waals surface area (Å²) < 4.78 is 48.6.